The first kappa shape index (κ1) is 11.0. The van der Waals surface area contributed by atoms with Crippen LogP contribution in [0.25, 0.3) is 0 Å². The SMILES string of the molecule is Nc1ccncc1CC(=O)C1(N)CCOC1. The molecule has 5 heteroatoms. The lowest BCUT2D eigenvalue weighted by Gasteiger charge is -2.20. The van der Waals surface area contributed by atoms with Gasteiger partial charge in [0.2, 0.25) is 0 Å². The Balaban J connectivity index is 2.10. The van der Waals surface area contributed by atoms with Crippen molar-refractivity contribution in [3.8, 4) is 0 Å². The summed E-state index contributed by atoms with van der Waals surface area (Å²) < 4.78 is 5.16. The highest BCUT2D eigenvalue weighted by molar-refractivity contribution is 5.91. The van der Waals surface area contributed by atoms with E-state index in [9.17, 15) is 4.79 Å². The Kier molecular flexibility index (Phi) is 2.89. The van der Waals surface area contributed by atoms with Crippen molar-refractivity contribution in [2.45, 2.75) is 18.4 Å². The van der Waals surface area contributed by atoms with Gasteiger partial charge in [0, 0.05) is 36.7 Å². The molecule has 1 aliphatic rings. The van der Waals surface area contributed by atoms with Crippen molar-refractivity contribution in [3.63, 3.8) is 0 Å². The molecule has 5 nitrogen and oxygen atoms in total. The largest absolute Gasteiger partial charge is 0.398 e. The van der Waals surface area contributed by atoms with E-state index >= 15 is 0 Å². The zero-order valence-corrected chi connectivity index (χ0v) is 8.98. The lowest BCUT2D eigenvalue weighted by molar-refractivity contribution is -0.123. The Hall–Kier alpha value is -1.46. The van der Waals surface area contributed by atoms with Gasteiger partial charge < -0.3 is 16.2 Å². The highest BCUT2D eigenvalue weighted by Crippen LogP contribution is 2.20. The van der Waals surface area contributed by atoms with Crippen LogP contribution in [0.1, 0.15) is 12.0 Å². The van der Waals surface area contributed by atoms with Crippen LogP contribution in [-0.4, -0.2) is 29.5 Å². The molecule has 1 aromatic rings. The summed E-state index contributed by atoms with van der Waals surface area (Å²) >= 11 is 0. The van der Waals surface area contributed by atoms with Crippen LogP contribution in [0, 0.1) is 0 Å². The molecule has 0 aliphatic carbocycles. The number of hydrogen-bond acceptors (Lipinski definition) is 5. The van der Waals surface area contributed by atoms with Gasteiger partial charge in [-0.15, -0.1) is 0 Å². The maximum Gasteiger partial charge on any atom is 0.159 e. The highest BCUT2D eigenvalue weighted by Gasteiger charge is 2.37. The fraction of sp³-hybridized carbons (Fsp3) is 0.455. The molecule has 2 heterocycles. The monoisotopic (exact) mass is 221 g/mol. The number of ether oxygens (including phenoxy) is 1. The van der Waals surface area contributed by atoms with Gasteiger partial charge in [-0.3, -0.25) is 9.78 Å². The van der Waals surface area contributed by atoms with Crippen molar-refractivity contribution in [1.29, 1.82) is 0 Å². The van der Waals surface area contributed by atoms with Crippen molar-refractivity contribution in [3.05, 3.63) is 24.0 Å². The number of nitrogens with zero attached hydrogens (tertiary/aromatic N) is 1. The van der Waals surface area contributed by atoms with Crippen LogP contribution in [0.2, 0.25) is 0 Å². The van der Waals surface area contributed by atoms with Gasteiger partial charge in [-0.05, 0) is 12.5 Å². The summed E-state index contributed by atoms with van der Waals surface area (Å²) in [6, 6.07) is 1.68. The number of rotatable bonds is 3. The average Bonchev–Trinajstić information content (AvgIpc) is 2.70. The van der Waals surface area contributed by atoms with E-state index in [0.717, 1.165) is 5.56 Å². The Labute approximate surface area is 93.8 Å². The summed E-state index contributed by atoms with van der Waals surface area (Å²) in [5.74, 6) is -0.0373. The number of nitrogen functional groups attached to an aromatic ring is 1. The van der Waals surface area contributed by atoms with E-state index in [1.807, 2.05) is 0 Å². The summed E-state index contributed by atoms with van der Waals surface area (Å²) in [5, 5.41) is 0. The van der Waals surface area contributed by atoms with Gasteiger partial charge in [0.05, 0.1) is 6.61 Å². The molecule has 1 saturated heterocycles. The Morgan fingerprint density at radius 3 is 3.06 bits per heavy atom. The Bertz CT molecular complexity index is 400. The maximum absolute atomic E-state index is 12.0. The zero-order valence-electron chi connectivity index (χ0n) is 8.98. The molecule has 1 aromatic heterocycles. The zero-order chi connectivity index (χ0) is 11.6. The smallest absolute Gasteiger partial charge is 0.159 e. The lowest BCUT2D eigenvalue weighted by Crippen LogP contribution is -2.49. The number of hydrogen-bond donors (Lipinski definition) is 2. The topological polar surface area (TPSA) is 91.2 Å². The lowest BCUT2D eigenvalue weighted by atomic mass is 9.90. The third-order valence-electron chi connectivity index (χ3n) is 2.90. The number of ketones is 1. The minimum Gasteiger partial charge on any atom is -0.398 e. The first-order valence-electron chi connectivity index (χ1n) is 5.20. The predicted octanol–water partition coefficient (Wildman–Crippen LogP) is -0.107. The van der Waals surface area contributed by atoms with Crippen molar-refractivity contribution in [2.75, 3.05) is 18.9 Å². The number of carbonyl (C=O) groups excluding carboxylic acids is 1. The second-order valence-electron chi connectivity index (χ2n) is 4.13. The molecule has 1 atom stereocenters. The van der Waals surface area contributed by atoms with Crippen molar-refractivity contribution in [2.24, 2.45) is 5.73 Å². The predicted molar refractivity (Wildman–Crippen MR) is 59.7 cm³/mol. The van der Waals surface area contributed by atoms with Gasteiger partial charge >= 0.3 is 0 Å². The normalized spacial score (nSPS) is 24.6. The van der Waals surface area contributed by atoms with Crippen LogP contribution in [0.4, 0.5) is 5.69 Å². The number of pyridine rings is 1. The molecular formula is C11H15N3O2. The van der Waals surface area contributed by atoms with Crippen LogP contribution in [0.15, 0.2) is 18.5 Å². The van der Waals surface area contributed by atoms with E-state index in [1.165, 1.54) is 0 Å². The fourth-order valence-electron chi connectivity index (χ4n) is 1.74. The van der Waals surface area contributed by atoms with Crippen LogP contribution < -0.4 is 11.5 Å². The first-order valence-corrected chi connectivity index (χ1v) is 5.20. The van der Waals surface area contributed by atoms with E-state index in [1.54, 1.807) is 18.5 Å². The number of carbonyl (C=O) groups is 1. The van der Waals surface area contributed by atoms with Crippen LogP contribution in [0.5, 0.6) is 0 Å². The van der Waals surface area contributed by atoms with E-state index in [4.69, 9.17) is 16.2 Å². The van der Waals surface area contributed by atoms with E-state index in [2.05, 4.69) is 4.98 Å². The molecule has 1 unspecified atom stereocenters. The van der Waals surface area contributed by atoms with Gasteiger partial charge in [-0.1, -0.05) is 0 Å². The third-order valence-corrected chi connectivity index (χ3v) is 2.90. The van der Waals surface area contributed by atoms with Gasteiger partial charge in [0.15, 0.2) is 5.78 Å². The summed E-state index contributed by atoms with van der Waals surface area (Å²) in [4.78, 5) is 15.9. The molecule has 0 bridgehead atoms. The average molecular weight is 221 g/mol. The number of aromatic nitrogens is 1. The van der Waals surface area contributed by atoms with Crippen molar-refractivity contribution >= 4 is 11.5 Å². The summed E-state index contributed by atoms with van der Waals surface area (Å²) in [7, 11) is 0. The van der Waals surface area contributed by atoms with Crippen molar-refractivity contribution < 1.29 is 9.53 Å². The van der Waals surface area contributed by atoms with Gasteiger partial charge in [0.25, 0.3) is 0 Å². The molecule has 1 aliphatic heterocycles. The minimum atomic E-state index is -0.845. The van der Waals surface area contributed by atoms with Gasteiger partial charge in [-0.2, -0.15) is 0 Å². The fourth-order valence-corrected chi connectivity index (χ4v) is 1.74. The molecular weight excluding hydrogens is 206 g/mol. The minimum absolute atomic E-state index is 0.0373. The summed E-state index contributed by atoms with van der Waals surface area (Å²) in [6.07, 6.45) is 4.00. The van der Waals surface area contributed by atoms with Crippen LogP contribution in [-0.2, 0) is 16.0 Å². The van der Waals surface area contributed by atoms with E-state index in [0.29, 0.717) is 25.3 Å². The van der Waals surface area contributed by atoms with Crippen LogP contribution in [0.3, 0.4) is 0 Å². The van der Waals surface area contributed by atoms with Gasteiger partial charge in [-0.25, -0.2) is 0 Å². The number of nitrogens with two attached hydrogens (primary N) is 2. The van der Waals surface area contributed by atoms with Gasteiger partial charge in [0.1, 0.15) is 5.54 Å². The molecule has 0 amide bonds. The molecule has 4 N–H and O–H groups in total. The standard InChI is InChI=1S/C11H15N3O2/c12-9-1-3-14-6-8(9)5-10(15)11(13)2-4-16-7-11/h1,3,6H,2,4-5,7,13H2,(H2,12,14). The summed E-state index contributed by atoms with van der Waals surface area (Å²) in [6.45, 7) is 0.844. The van der Waals surface area contributed by atoms with E-state index in [-0.39, 0.29) is 12.2 Å². The first-order chi connectivity index (χ1) is 7.62. The third kappa shape index (κ3) is 2.05. The number of anilines is 1. The molecule has 0 aromatic carbocycles. The molecule has 0 saturated carbocycles. The molecule has 86 valence electrons. The second kappa shape index (κ2) is 4.19. The Morgan fingerprint density at radius 1 is 1.62 bits per heavy atom. The van der Waals surface area contributed by atoms with E-state index < -0.39 is 5.54 Å². The molecule has 0 spiro atoms. The quantitative estimate of drug-likeness (QED) is 0.743. The van der Waals surface area contributed by atoms with Crippen LogP contribution >= 0.6 is 0 Å². The summed E-state index contributed by atoms with van der Waals surface area (Å²) in [5.41, 5.74) is 12.2. The molecule has 1 fully saturated rings. The number of Topliss-reactive ketones (excluding diaryl/α,β-unsaturated/α-hetero) is 1. The highest BCUT2D eigenvalue weighted by atomic mass is 16.5. The molecule has 2 rings (SSSR count). The molecule has 16 heavy (non-hydrogen) atoms. The Morgan fingerprint density at radius 2 is 2.44 bits per heavy atom. The molecule has 0 radical (unpaired) electrons. The maximum atomic E-state index is 12.0. The second-order valence-corrected chi connectivity index (χ2v) is 4.13. The van der Waals surface area contributed by atoms with Crippen molar-refractivity contribution in [1.82, 2.24) is 4.98 Å².